The molecular weight excluding hydrogens is 371 g/mol. The predicted octanol–water partition coefficient (Wildman–Crippen LogP) is 2.74. The Morgan fingerprint density at radius 3 is 2.59 bits per heavy atom. The SMILES string of the molecule is Cc1ccccc1-c1nnc(SCC(=O)NNC(=O)c2ccccc2F)o1. The molecule has 0 aliphatic rings. The summed E-state index contributed by atoms with van der Waals surface area (Å²) < 4.78 is 19.0. The molecule has 3 rings (SSSR count). The molecule has 138 valence electrons. The molecule has 0 aliphatic heterocycles. The minimum atomic E-state index is -0.744. The number of aryl methyl sites for hydroxylation is 1. The second kappa shape index (κ2) is 8.45. The van der Waals surface area contributed by atoms with Crippen LogP contribution in [0.3, 0.4) is 0 Å². The van der Waals surface area contributed by atoms with E-state index in [0.29, 0.717) is 5.89 Å². The molecule has 0 saturated heterocycles. The fourth-order valence-electron chi connectivity index (χ4n) is 2.19. The van der Waals surface area contributed by atoms with E-state index in [-0.39, 0.29) is 16.5 Å². The normalized spacial score (nSPS) is 10.4. The predicted molar refractivity (Wildman–Crippen MR) is 97.2 cm³/mol. The van der Waals surface area contributed by atoms with E-state index in [1.165, 1.54) is 18.2 Å². The van der Waals surface area contributed by atoms with Crippen molar-refractivity contribution >= 4 is 23.6 Å². The second-order valence-corrected chi connectivity index (χ2v) is 6.39. The van der Waals surface area contributed by atoms with Crippen LogP contribution in [-0.4, -0.2) is 27.8 Å². The lowest BCUT2D eigenvalue weighted by atomic mass is 10.1. The van der Waals surface area contributed by atoms with E-state index in [0.717, 1.165) is 29.0 Å². The molecule has 2 aromatic carbocycles. The Bertz CT molecular complexity index is 977. The fraction of sp³-hybridized carbons (Fsp3) is 0.111. The number of rotatable bonds is 5. The summed E-state index contributed by atoms with van der Waals surface area (Å²) in [7, 11) is 0. The second-order valence-electron chi connectivity index (χ2n) is 5.46. The number of carbonyl (C=O) groups excluding carboxylic acids is 2. The summed E-state index contributed by atoms with van der Waals surface area (Å²) in [5.41, 5.74) is 6.01. The van der Waals surface area contributed by atoms with Crippen molar-refractivity contribution in [1.29, 1.82) is 0 Å². The van der Waals surface area contributed by atoms with Gasteiger partial charge in [0.25, 0.3) is 11.1 Å². The number of carbonyl (C=O) groups is 2. The van der Waals surface area contributed by atoms with E-state index in [1.807, 2.05) is 31.2 Å². The highest BCUT2D eigenvalue weighted by molar-refractivity contribution is 7.99. The fourth-order valence-corrected chi connectivity index (χ4v) is 2.76. The van der Waals surface area contributed by atoms with E-state index in [1.54, 1.807) is 0 Å². The lowest BCUT2D eigenvalue weighted by Gasteiger charge is -2.07. The number of benzene rings is 2. The lowest BCUT2D eigenvalue weighted by molar-refractivity contribution is -0.119. The number of hydrazine groups is 1. The minimum absolute atomic E-state index is 0.0625. The van der Waals surface area contributed by atoms with Crippen LogP contribution in [0.2, 0.25) is 0 Å². The van der Waals surface area contributed by atoms with Gasteiger partial charge in [0.1, 0.15) is 5.82 Å². The Hall–Kier alpha value is -3.20. The molecule has 0 spiro atoms. The van der Waals surface area contributed by atoms with E-state index in [4.69, 9.17) is 4.42 Å². The largest absolute Gasteiger partial charge is 0.411 e. The Kier molecular flexibility index (Phi) is 5.82. The maximum absolute atomic E-state index is 13.5. The Labute approximate surface area is 158 Å². The lowest BCUT2D eigenvalue weighted by Crippen LogP contribution is -2.42. The minimum Gasteiger partial charge on any atom is -0.411 e. The van der Waals surface area contributed by atoms with Crippen LogP contribution in [0, 0.1) is 12.7 Å². The molecule has 0 fully saturated rings. The van der Waals surface area contributed by atoms with Gasteiger partial charge in [-0.2, -0.15) is 0 Å². The van der Waals surface area contributed by atoms with Gasteiger partial charge >= 0.3 is 0 Å². The monoisotopic (exact) mass is 386 g/mol. The highest BCUT2D eigenvalue weighted by Gasteiger charge is 2.14. The van der Waals surface area contributed by atoms with Crippen LogP contribution in [0.5, 0.6) is 0 Å². The van der Waals surface area contributed by atoms with Crippen molar-refractivity contribution in [1.82, 2.24) is 21.0 Å². The van der Waals surface area contributed by atoms with Crippen LogP contribution < -0.4 is 10.9 Å². The van der Waals surface area contributed by atoms with Crippen molar-refractivity contribution in [3.8, 4) is 11.5 Å². The molecule has 0 unspecified atom stereocenters. The summed E-state index contributed by atoms with van der Waals surface area (Å²) in [6.45, 7) is 1.93. The average molecular weight is 386 g/mol. The maximum Gasteiger partial charge on any atom is 0.277 e. The van der Waals surface area contributed by atoms with Crippen LogP contribution in [0.4, 0.5) is 4.39 Å². The van der Waals surface area contributed by atoms with Gasteiger partial charge in [0.05, 0.1) is 11.3 Å². The molecule has 1 heterocycles. The third-order valence-corrected chi connectivity index (χ3v) is 4.36. The van der Waals surface area contributed by atoms with Crippen molar-refractivity contribution in [3.05, 3.63) is 65.5 Å². The molecule has 2 N–H and O–H groups in total. The van der Waals surface area contributed by atoms with Gasteiger partial charge in [-0.25, -0.2) is 4.39 Å². The molecule has 0 bridgehead atoms. The number of hydrogen-bond donors (Lipinski definition) is 2. The van der Waals surface area contributed by atoms with Gasteiger partial charge in [0, 0.05) is 5.56 Å². The summed E-state index contributed by atoms with van der Waals surface area (Å²) in [6, 6.07) is 13.0. The van der Waals surface area contributed by atoms with Crippen molar-refractivity contribution in [2.45, 2.75) is 12.1 Å². The third-order valence-electron chi connectivity index (χ3n) is 3.54. The Balaban J connectivity index is 1.51. The summed E-state index contributed by atoms with van der Waals surface area (Å²) in [6.07, 6.45) is 0. The number of hydrogen-bond acceptors (Lipinski definition) is 6. The quantitative estimate of drug-likeness (QED) is 0.517. The van der Waals surface area contributed by atoms with E-state index < -0.39 is 17.6 Å². The zero-order chi connectivity index (χ0) is 19.2. The number of halogens is 1. The molecule has 27 heavy (non-hydrogen) atoms. The third kappa shape index (κ3) is 4.70. The van der Waals surface area contributed by atoms with E-state index >= 15 is 0 Å². The van der Waals surface area contributed by atoms with Gasteiger partial charge in [0.2, 0.25) is 11.8 Å². The molecule has 0 aliphatic carbocycles. The van der Waals surface area contributed by atoms with Gasteiger partial charge in [-0.1, -0.05) is 42.1 Å². The molecule has 9 heteroatoms. The van der Waals surface area contributed by atoms with E-state index in [9.17, 15) is 14.0 Å². The topological polar surface area (TPSA) is 97.1 Å². The van der Waals surface area contributed by atoms with Crippen LogP contribution in [0.15, 0.2) is 58.2 Å². The highest BCUT2D eigenvalue weighted by atomic mass is 32.2. The van der Waals surface area contributed by atoms with Gasteiger partial charge in [-0.15, -0.1) is 10.2 Å². The average Bonchev–Trinajstić information content (AvgIpc) is 3.14. The van der Waals surface area contributed by atoms with Crippen molar-refractivity contribution in [2.24, 2.45) is 0 Å². The molecule has 1 aromatic heterocycles. The van der Waals surface area contributed by atoms with Gasteiger partial charge in [0.15, 0.2) is 0 Å². The maximum atomic E-state index is 13.5. The molecule has 0 radical (unpaired) electrons. The number of amides is 2. The number of aromatic nitrogens is 2. The first-order valence-electron chi connectivity index (χ1n) is 7.90. The zero-order valence-corrected chi connectivity index (χ0v) is 15.0. The van der Waals surface area contributed by atoms with Gasteiger partial charge in [-0.05, 0) is 30.7 Å². The molecule has 0 atom stereocenters. The smallest absolute Gasteiger partial charge is 0.277 e. The standard InChI is InChI=1S/C18H15FN4O3S/c1-11-6-2-3-7-12(11)17-22-23-18(26-17)27-10-15(24)20-21-16(25)13-8-4-5-9-14(13)19/h2-9H,10H2,1H3,(H,20,24)(H,21,25). The van der Waals surface area contributed by atoms with E-state index in [2.05, 4.69) is 21.0 Å². The van der Waals surface area contributed by atoms with Crippen molar-refractivity contribution < 1.29 is 18.4 Å². The molecular formula is C18H15FN4O3S. The zero-order valence-electron chi connectivity index (χ0n) is 14.2. The first-order chi connectivity index (χ1) is 13.0. The number of thioether (sulfide) groups is 1. The first kappa shape index (κ1) is 18.6. The summed E-state index contributed by atoms with van der Waals surface area (Å²) >= 11 is 1.02. The molecule has 0 saturated carbocycles. The number of nitrogens with zero attached hydrogens (tertiary/aromatic N) is 2. The van der Waals surface area contributed by atoms with Crippen molar-refractivity contribution in [2.75, 3.05) is 5.75 Å². The number of nitrogens with one attached hydrogen (secondary N) is 2. The summed E-state index contributed by atoms with van der Waals surface area (Å²) in [5, 5.41) is 8.08. The van der Waals surface area contributed by atoms with Gasteiger partial charge < -0.3 is 4.42 Å². The first-order valence-corrected chi connectivity index (χ1v) is 8.89. The Morgan fingerprint density at radius 1 is 1.07 bits per heavy atom. The van der Waals surface area contributed by atoms with Crippen LogP contribution in [0.25, 0.3) is 11.5 Å². The van der Waals surface area contributed by atoms with Crippen LogP contribution in [0.1, 0.15) is 15.9 Å². The summed E-state index contributed by atoms with van der Waals surface area (Å²) in [5.74, 6) is -1.61. The van der Waals surface area contributed by atoms with Crippen LogP contribution in [-0.2, 0) is 4.79 Å². The molecule has 3 aromatic rings. The highest BCUT2D eigenvalue weighted by Crippen LogP contribution is 2.25. The summed E-state index contributed by atoms with van der Waals surface area (Å²) in [4.78, 5) is 23.7. The van der Waals surface area contributed by atoms with Crippen LogP contribution >= 0.6 is 11.8 Å². The Morgan fingerprint density at radius 2 is 1.81 bits per heavy atom. The molecule has 2 amide bonds. The van der Waals surface area contributed by atoms with Gasteiger partial charge in [-0.3, -0.25) is 20.4 Å². The molecule has 7 nitrogen and oxygen atoms in total. The van der Waals surface area contributed by atoms with Crippen molar-refractivity contribution in [3.63, 3.8) is 0 Å².